The van der Waals surface area contributed by atoms with Gasteiger partial charge in [-0.1, -0.05) is 15.9 Å². The number of benzene rings is 1. The highest BCUT2D eigenvalue weighted by Gasteiger charge is 2.16. The number of esters is 1. The number of hydrogen-bond acceptors (Lipinski definition) is 5. The molecule has 0 radical (unpaired) electrons. The molecular weight excluding hydrogens is 350 g/mol. The zero-order chi connectivity index (χ0) is 14.9. The number of aromatic nitrogens is 1. The number of carbonyl (C=O) groups excluding carboxylic acids is 1. The molecule has 0 saturated carbocycles. The molecule has 6 nitrogen and oxygen atoms in total. The van der Waals surface area contributed by atoms with Crippen LogP contribution in [0.5, 0.6) is 5.75 Å². The SMILES string of the molecule is CCOC(=O)c1cc2cc(Br)cc(OS(C)(=O)=O)c2[nH]1. The van der Waals surface area contributed by atoms with Crippen molar-refractivity contribution in [3.8, 4) is 5.75 Å². The highest BCUT2D eigenvalue weighted by atomic mass is 79.9. The normalized spacial score (nSPS) is 11.6. The molecule has 2 aromatic rings. The fourth-order valence-electron chi connectivity index (χ4n) is 1.72. The maximum absolute atomic E-state index is 11.7. The second-order valence-electron chi connectivity index (χ2n) is 4.06. The van der Waals surface area contributed by atoms with Crippen molar-refractivity contribution in [1.29, 1.82) is 0 Å². The van der Waals surface area contributed by atoms with Gasteiger partial charge in [0.25, 0.3) is 0 Å². The van der Waals surface area contributed by atoms with Gasteiger partial charge in [-0.25, -0.2) is 4.79 Å². The van der Waals surface area contributed by atoms with Crippen LogP contribution in [0.15, 0.2) is 22.7 Å². The van der Waals surface area contributed by atoms with Crippen molar-refractivity contribution < 1.29 is 22.1 Å². The molecule has 0 atom stereocenters. The summed E-state index contributed by atoms with van der Waals surface area (Å²) in [4.78, 5) is 14.5. The summed E-state index contributed by atoms with van der Waals surface area (Å²) in [5.74, 6) is -0.391. The molecule has 0 aliphatic heterocycles. The summed E-state index contributed by atoms with van der Waals surface area (Å²) >= 11 is 3.26. The van der Waals surface area contributed by atoms with Crippen molar-refractivity contribution >= 4 is 42.9 Å². The minimum absolute atomic E-state index is 0.118. The molecule has 0 unspecified atom stereocenters. The Morgan fingerprint density at radius 1 is 1.35 bits per heavy atom. The van der Waals surface area contributed by atoms with Crippen LogP contribution in [0, 0.1) is 0 Å². The van der Waals surface area contributed by atoms with Gasteiger partial charge >= 0.3 is 16.1 Å². The Kier molecular flexibility index (Phi) is 4.05. The largest absolute Gasteiger partial charge is 0.461 e. The van der Waals surface area contributed by atoms with Gasteiger partial charge in [0.05, 0.1) is 18.4 Å². The second kappa shape index (κ2) is 5.45. The van der Waals surface area contributed by atoms with E-state index >= 15 is 0 Å². The van der Waals surface area contributed by atoms with Gasteiger partial charge in [-0.3, -0.25) is 0 Å². The van der Waals surface area contributed by atoms with Crippen LogP contribution in [0.1, 0.15) is 17.4 Å². The second-order valence-corrected chi connectivity index (χ2v) is 6.55. The molecule has 108 valence electrons. The van der Waals surface area contributed by atoms with Gasteiger partial charge in [0.1, 0.15) is 5.69 Å². The van der Waals surface area contributed by atoms with Crippen LogP contribution in [0.25, 0.3) is 10.9 Å². The summed E-state index contributed by atoms with van der Waals surface area (Å²) in [6.07, 6.45) is 0.953. The first kappa shape index (κ1) is 14.9. The third-order valence-electron chi connectivity index (χ3n) is 2.39. The average molecular weight is 362 g/mol. The minimum Gasteiger partial charge on any atom is -0.461 e. The summed E-state index contributed by atoms with van der Waals surface area (Å²) in [5, 5.41) is 0.640. The zero-order valence-electron chi connectivity index (χ0n) is 10.8. The first-order chi connectivity index (χ1) is 9.30. The number of ether oxygens (including phenoxy) is 1. The number of nitrogens with one attached hydrogen (secondary N) is 1. The Morgan fingerprint density at radius 2 is 2.05 bits per heavy atom. The van der Waals surface area contributed by atoms with Crippen LogP contribution in [0.2, 0.25) is 0 Å². The molecule has 8 heteroatoms. The standard InChI is InChI=1S/C12H12BrNO5S/c1-3-18-12(15)9-5-7-4-8(13)6-10(11(7)14-9)19-20(2,16)17/h4-6,14H,3H2,1-2H3. The maximum Gasteiger partial charge on any atom is 0.354 e. The summed E-state index contributed by atoms with van der Waals surface area (Å²) < 4.78 is 32.9. The molecule has 1 aromatic carbocycles. The number of aromatic amines is 1. The summed E-state index contributed by atoms with van der Waals surface area (Å²) in [6.45, 7) is 1.96. The Labute approximate surface area is 124 Å². The number of rotatable bonds is 4. The Morgan fingerprint density at radius 3 is 2.65 bits per heavy atom. The predicted molar refractivity (Wildman–Crippen MR) is 77.4 cm³/mol. The minimum atomic E-state index is -3.66. The molecule has 0 saturated heterocycles. The molecule has 1 aromatic heterocycles. The van der Waals surface area contributed by atoms with Crippen LogP contribution >= 0.6 is 15.9 Å². The van der Waals surface area contributed by atoms with Gasteiger partial charge in [0.15, 0.2) is 5.75 Å². The van der Waals surface area contributed by atoms with Crippen LogP contribution in [0.4, 0.5) is 0 Å². The van der Waals surface area contributed by atoms with E-state index in [0.29, 0.717) is 15.4 Å². The number of halogens is 1. The molecule has 2 rings (SSSR count). The number of hydrogen-bond donors (Lipinski definition) is 1. The van der Waals surface area contributed by atoms with Gasteiger partial charge in [-0.05, 0) is 25.1 Å². The molecule has 0 amide bonds. The fourth-order valence-corrected chi connectivity index (χ4v) is 2.64. The molecule has 0 fully saturated rings. The fraction of sp³-hybridized carbons (Fsp3) is 0.250. The Balaban J connectivity index is 2.55. The lowest BCUT2D eigenvalue weighted by Gasteiger charge is -2.05. The Hall–Kier alpha value is -1.54. The van der Waals surface area contributed by atoms with Gasteiger partial charge in [0.2, 0.25) is 0 Å². The van der Waals surface area contributed by atoms with Gasteiger partial charge in [-0.15, -0.1) is 0 Å². The number of fused-ring (bicyclic) bond motifs is 1. The van der Waals surface area contributed by atoms with Crippen LogP contribution in [-0.4, -0.2) is 32.2 Å². The van der Waals surface area contributed by atoms with Gasteiger partial charge in [-0.2, -0.15) is 8.42 Å². The summed E-state index contributed by atoms with van der Waals surface area (Å²) in [6, 6.07) is 4.83. The highest BCUT2D eigenvalue weighted by molar-refractivity contribution is 9.10. The number of carbonyl (C=O) groups is 1. The first-order valence-corrected chi connectivity index (χ1v) is 8.30. The van der Waals surface area contributed by atoms with Crippen LogP contribution in [0.3, 0.4) is 0 Å². The lowest BCUT2D eigenvalue weighted by molar-refractivity contribution is 0.0520. The van der Waals surface area contributed by atoms with Gasteiger partial charge in [0, 0.05) is 9.86 Å². The third-order valence-corrected chi connectivity index (χ3v) is 3.33. The van der Waals surface area contributed by atoms with E-state index in [1.54, 1.807) is 19.1 Å². The molecule has 0 aliphatic rings. The van der Waals surface area contributed by atoms with Crippen molar-refractivity contribution in [1.82, 2.24) is 4.98 Å². The monoisotopic (exact) mass is 361 g/mol. The number of H-pyrrole nitrogens is 1. The van der Waals surface area contributed by atoms with Crippen molar-refractivity contribution in [3.63, 3.8) is 0 Å². The van der Waals surface area contributed by atoms with Crippen molar-refractivity contribution in [2.45, 2.75) is 6.92 Å². The van der Waals surface area contributed by atoms with Crippen LogP contribution in [-0.2, 0) is 14.9 Å². The topological polar surface area (TPSA) is 85.5 Å². The quantitative estimate of drug-likeness (QED) is 0.667. The molecule has 0 aliphatic carbocycles. The highest BCUT2D eigenvalue weighted by Crippen LogP contribution is 2.31. The summed E-state index contributed by atoms with van der Waals surface area (Å²) in [7, 11) is -3.66. The average Bonchev–Trinajstić information content (AvgIpc) is 2.71. The van der Waals surface area contributed by atoms with Gasteiger partial charge < -0.3 is 13.9 Å². The van der Waals surface area contributed by atoms with E-state index in [2.05, 4.69) is 20.9 Å². The smallest absolute Gasteiger partial charge is 0.354 e. The lowest BCUT2D eigenvalue weighted by atomic mass is 10.2. The van der Waals surface area contributed by atoms with E-state index in [-0.39, 0.29) is 18.1 Å². The summed E-state index contributed by atoms with van der Waals surface area (Å²) in [5.41, 5.74) is 0.653. The first-order valence-electron chi connectivity index (χ1n) is 5.69. The zero-order valence-corrected chi connectivity index (χ0v) is 13.2. The molecule has 1 N–H and O–H groups in total. The molecule has 1 heterocycles. The van der Waals surface area contributed by atoms with E-state index in [0.717, 1.165) is 6.26 Å². The van der Waals surface area contributed by atoms with E-state index in [4.69, 9.17) is 8.92 Å². The van der Waals surface area contributed by atoms with Crippen LogP contribution < -0.4 is 4.18 Å². The van der Waals surface area contributed by atoms with Crippen molar-refractivity contribution in [2.75, 3.05) is 12.9 Å². The molecular formula is C12H12BrNO5S. The van der Waals surface area contributed by atoms with Crippen molar-refractivity contribution in [3.05, 3.63) is 28.4 Å². The van der Waals surface area contributed by atoms with E-state index in [9.17, 15) is 13.2 Å². The lowest BCUT2D eigenvalue weighted by Crippen LogP contribution is -2.06. The van der Waals surface area contributed by atoms with E-state index in [1.165, 1.54) is 6.07 Å². The molecule has 20 heavy (non-hydrogen) atoms. The van der Waals surface area contributed by atoms with E-state index < -0.39 is 16.1 Å². The van der Waals surface area contributed by atoms with E-state index in [1.807, 2.05) is 0 Å². The Bertz CT molecular complexity index is 765. The van der Waals surface area contributed by atoms with Crippen molar-refractivity contribution in [2.24, 2.45) is 0 Å². The molecule has 0 spiro atoms. The maximum atomic E-state index is 11.7. The molecule has 0 bridgehead atoms. The predicted octanol–water partition coefficient (Wildman–Crippen LogP) is 2.45. The third kappa shape index (κ3) is 3.31.